The molecule has 0 amide bonds. The second-order valence-electron chi connectivity index (χ2n) is 5.49. The van der Waals surface area contributed by atoms with E-state index in [-0.39, 0.29) is 11.6 Å². The van der Waals surface area contributed by atoms with Crippen molar-refractivity contribution in [2.75, 3.05) is 20.6 Å². The van der Waals surface area contributed by atoms with Crippen LogP contribution in [0.3, 0.4) is 0 Å². The van der Waals surface area contributed by atoms with Crippen molar-refractivity contribution < 1.29 is 0 Å². The van der Waals surface area contributed by atoms with Crippen LogP contribution in [0.5, 0.6) is 0 Å². The fourth-order valence-electron chi connectivity index (χ4n) is 2.42. The average molecular weight is 331 g/mol. The van der Waals surface area contributed by atoms with Gasteiger partial charge in [-0.3, -0.25) is 4.68 Å². The van der Waals surface area contributed by atoms with Crippen molar-refractivity contribution in [1.29, 1.82) is 0 Å². The predicted octanol–water partition coefficient (Wildman–Crippen LogP) is 2.95. The number of aromatic nitrogens is 2. The molecule has 4 nitrogen and oxygen atoms in total. The Hall–Kier alpha value is -0.390. The van der Waals surface area contributed by atoms with Crippen LogP contribution in [0, 0.1) is 0 Å². The SMILES string of the molecule is CCCNC(c1c(Br)cnn1C)C(C)(CC)N(C)C. The Bertz CT molecular complexity index is 383. The third kappa shape index (κ3) is 3.38. The molecular formula is C14H27BrN4. The minimum atomic E-state index is 0.0471. The molecule has 0 bridgehead atoms. The molecule has 0 saturated carbocycles. The minimum Gasteiger partial charge on any atom is -0.307 e. The maximum atomic E-state index is 4.36. The molecule has 0 spiro atoms. The lowest BCUT2D eigenvalue weighted by molar-refractivity contribution is 0.108. The largest absolute Gasteiger partial charge is 0.307 e. The van der Waals surface area contributed by atoms with E-state index in [1.54, 1.807) is 0 Å². The van der Waals surface area contributed by atoms with Crippen molar-refractivity contribution in [3.8, 4) is 0 Å². The van der Waals surface area contributed by atoms with E-state index in [0.29, 0.717) is 0 Å². The third-order valence-electron chi connectivity index (χ3n) is 4.17. The van der Waals surface area contributed by atoms with Gasteiger partial charge in [0.25, 0.3) is 0 Å². The summed E-state index contributed by atoms with van der Waals surface area (Å²) < 4.78 is 3.04. The molecule has 2 unspecified atom stereocenters. The Morgan fingerprint density at radius 2 is 2.11 bits per heavy atom. The van der Waals surface area contributed by atoms with Gasteiger partial charge >= 0.3 is 0 Å². The highest BCUT2D eigenvalue weighted by Crippen LogP contribution is 2.35. The minimum absolute atomic E-state index is 0.0471. The monoisotopic (exact) mass is 330 g/mol. The summed E-state index contributed by atoms with van der Waals surface area (Å²) in [4.78, 5) is 2.31. The molecule has 19 heavy (non-hydrogen) atoms. The molecule has 0 saturated heterocycles. The van der Waals surface area contributed by atoms with Crippen LogP contribution in [0.25, 0.3) is 0 Å². The van der Waals surface area contributed by atoms with Gasteiger partial charge in [0.05, 0.1) is 22.4 Å². The maximum absolute atomic E-state index is 4.36. The van der Waals surface area contributed by atoms with E-state index in [0.717, 1.165) is 23.9 Å². The molecule has 2 atom stereocenters. The van der Waals surface area contributed by atoms with Gasteiger partial charge in [-0.05, 0) is 56.3 Å². The highest BCUT2D eigenvalue weighted by Gasteiger charge is 2.38. The number of aryl methyl sites for hydroxylation is 1. The summed E-state index contributed by atoms with van der Waals surface area (Å²) in [5.41, 5.74) is 1.26. The summed E-state index contributed by atoms with van der Waals surface area (Å²) >= 11 is 3.64. The van der Waals surface area contributed by atoms with Gasteiger partial charge in [-0.1, -0.05) is 13.8 Å². The summed E-state index contributed by atoms with van der Waals surface area (Å²) in [6, 6.07) is 0.245. The normalized spacial score (nSPS) is 16.6. The summed E-state index contributed by atoms with van der Waals surface area (Å²) in [6.45, 7) is 7.75. The molecule has 1 aromatic rings. The molecule has 1 heterocycles. The van der Waals surface area contributed by atoms with Crippen LogP contribution >= 0.6 is 15.9 Å². The fourth-order valence-corrected chi connectivity index (χ4v) is 3.00. The van der Waals surface area contributed by atoms with Crippen LogP contribution < -0.4 is 5.32 Å². The molecule has 0 aliphatic carbocycles. The topological polar surface area (TPSA) is 33.1 Å². The van der Waals surface area contributed by atoms with Gasteiger partial charge in [-0.15, -0.1) is 0 Å². The smallest absolute Gasteiger partial charge is 0.0711 e. The Morgan fingerprint density at radius 1 is 1.47 bits per heavy atom. The molecular weight excluding hydrogens is 304 g/mol. The van der Waals surface area contributed by atoms with E-state index >= 15 is 0 Å². The molecule has 1 aromatic heterocycles. The maximum Gasteiger partial charge on any atom is 0.0711 e. The molecule has 0 aliphatic rings. The highest BCUT2D eigenvalue weighted by atomic mass is 79.9. The van der Waals surface area contributed by atoms with E-state index in [9.17, 15) is 0 Å². The van der Waals surface area contributed by atoms with Crippen molar-refractivity contribution in [2.45, 2.75) is 45.2 Å². The number of rotatable bonds is 7. The van der Waals surface area contributed by atoms with Gasteiger partial charge in [0.2, 0.25) is 0 Å². The van der Waals surface area contributed by atoms with Crippen molar-refractivity contribution in [1.82, 2.24) is 20.0 Å². The number of hydrogen-bond acceptors (Lipinski definition) is 3. The first-order chi connectivity index (χ1) is 8.88. The summed E-state index contributed by atoms with van der Waals surface area (Å²) in [5.74, 6) is 0. The molecule has 0 fully saturated rings. The molecule has 1 rings (SSSR count). The van der Waals surface area contributed by atoms with E-state index in [2.05, 4.69) is 66.1 Å². The zero-order chi connectivity index (χ0) is 14.6. The van der Waals surface area contributed by atoms with Gasteiger partial charge in [0.15, 0.2) is 0 Å². The predicted molar refractivity (Wildman–Crippen MR) is 84.3 cm³/mol. The zero-order valence-electron chi connectivity index (χ0n) is 13.0. The Balaban J connectivity index is 3.21. The van der Waals surface area contributed by atoms with E-state index < -0.39 is 0 Å². The van der Waals surface area contributed by atoms with Gasteiger partial charge in [-0.2, -0.15) is 5.10 Å². The lowest BCUT2D eigenvalue weighted by atomic mass is 9.85. The van der Waals surface area contributed by atoms with Gasteiger partial charge in [0.1, 0.15) is 0 Å². The number of halogens is 1. The number of nitrogens with zero attached hydrogens (tertiary/aromatic N) is 3. The first-order valence-electron chi connectivity index (χ1n) is 6.96. The Labute approximate surface area is 125 Å². The van der Waals surface area contributed by atoms with Gasteiger partial charge in [-0.25, -0.2) is 0 Å². The molecule has 5 heteroatoms. The van der Waals surface area contributed by atoms with Crippen molar-refractivity contribution >= 4 is 15.9 Å². The standard InChI is InChI=1S/C14H27BrN4/c1-7-9-16-13(14(3,8-2)18(4)5)12-11(15)10-17-19(12)6/h10,13,16H,7-9H2,1-6H3. The molecule has 0 radical (unpaired) electrons. The number of likely N-dealkylation sites (N-methyl/N-ethyl adjacent to an activating group) is 1. The van der Waals surface area contributed by atoms with Gasteiger partial charge < -0.3 is 10.2 Å². The Morgan fingerprint density at radius 3 is 2.47 bits per heavy atom. The lowest BCUT2D eigenvalue weighted by Crippen LogP contribution is -2.52. The van der Waals surface area contributed by atoms with Crippen LogP contribution in [0.2, 0.25) is 0 Å². The Kier molecular flexibility index (Phi) is 6.02. The van der Waals surface area contributed by atoms with E-state index in [1.165, 1.54) is 5.69 Å². The molecule has 1 N–H and O–H groups in total. The first kappa shape index (κ1) is 16.7. The lowest BCUT2D eigenvalue weighted by Gasteiger charge is -2.43. The van der Waals surface area contributed by atoms with Crippen molar-refractivity contribution in [3.63, 3.8) is 0 Å². The molecule has 0 aromatic carbocycles. The molecule has 0 aliphatic heterocycles. The number of hydrogen-bond donors (Lipinski definition) is 1. The third-order valence-corrected chi connectivity index (χ3v) is 4.78. The fraction of sp³-hybridized carbons (Fsp3) is 0.786. The van der Waals surface area contributed by atoms with Crippen LogP contribution in [0.15, 0.2) is 10.7 Å². The van der Waals surface area contributed by atoms with Crippen LogP contribution in [-0.2, 0) is 7.05 Å². The van der Waals surface area contributed by atoms with E-state index in [4.69, 9.17) is 0 Å². The summed E-state index contributed by atoms with van der Waals surface area (Å²) in [7, 11) is 6.30. The zero-order valence-corrected chi connectivity index (χ0v) is 14.6. The van der Waals surface area contributed by atoms with Crippen LogP contribution in [0.4, 0.5) is 0 Å². The van der Waals surface area contributed by atoms with Crippen LogP contribution in [0.1, 0.15) is 45.3 Å². The first-order valence-corrected chi connectivity index (χ1v) is 7.76. The van der Waals surface area contributed by atoms with Crippen molar-refractivity contribution in [2.24, 2.45) is 7.05 Å². The molecule has 110 valence electrons. The van der Waals surface area contributed by atoms with Crippen LogP contribution in [-0.4, -0.2) is 40.9 Å². The second-order valence-corrected chi connectivity index (χ2v) is 6.35. The highest BCUT2D eigenvalue weighted by molar-refractivity contribution is 9.10. The summed E-state index contributed by atoms with van der Waals surface area (Å²) in [6.07, 6.45) is 4.07. The average Bonchev–Trinajstić information content (AvgIpc) is 2.70. The quantitative estimate of drug-likeness (QED) is 0.834. The summed E-state index contributed by atoms with van der Waals surface area (Å²) in [5, 5.41) is 8.06. The van der Waals surface area contributed by atoms with Gasteiger partial charge in [0, 0.05) is 12.6 Å². The van der Waals surface area contributed by atoms with E-state index in [1.807, 2.05) is 17.9 Å². The van der Waals surface area contributed by atoms with Crippen molar-refractivity contribution in [3.05, 3.63) is 16.4 Å². The number of nitrogens with one attached hydrogen (secondary N) is 1. The second kappa shape index (κ2) is 6.86.